The first-order valence-corrected chi connectivity index (χ1v) is 4.64. The summed E-state index contributed by atoms with van der Waals surface area (Å²) in [6.45, 7) is 0.371. The summed E-state index contributed by atoms with van der Waals surface area (Å²) in [7, 11) is 0. The fraction of sp³-hybridized carbons (Fsp3) is 0.300. The van der Waals surface area contributed by atoms with Gasteiger partial charge < -0.3 is 14.6 Å². The van der Waals surface area contributed by atoms with Crippen LogP contribution in [-0.4, -0.2) is 12.6 Å². The van der Waals surface area contributed by atoms with E-state index < -0.39 is 5.97 Å². The Labute approximate surface area is 136 Å². The van der Waals surface area contributed by atoms with Gasteiger partial charge in [0.1, 0.15) is 5.75 Å². The van der Waals surface area contributed by atoms with Crippen LogP contribution in [0.1, 0.15) is 12.8 Å². The quantitative estimate of drug-likeness (QED) is 0.462. The second-order valence-electron chi connectivity index (χ2n) is 2.78. The molecule has 0 unspecified atom stereocenters. The van der Waals surface area contributed by atoms with Crippen LogP contribution >= 0.6 is 11.6 Å². The summed E-state index contributed by atoms with van der Waals surface area (Å²) in [5.41, 5.74) is 0. The molecule has 15 heavy (non-hydrogen) atoms. The first-order valence-electron chi connectivity index (χ1n) is 4.26. The predicted octanol–water partition coefficient (Wildman–Crippen LogP) is -1.75. The Morgan fingerprint density at radius 2 is 1.93 bits per heavy atom. The van der Waals surface area contributed by atoms with Crippen LogP contribution in [0.5, 0.6) is 5.75 Å². The predicted molar refractivity (Wildman–Crippen MR) is 51.2 cm³/mol. The summed E-state index contributed by atoms with van der Waals surface area (Å²) >= 11 is 5.67. The molecule has 0 aliphatic rings. The van der Waals surface area contributed by atoms with Gasteiger partial charge in [0, 0.05) is 11.0 Å². The Hall–Kier alpha value is 0.416. The van der Waals surface area contributed by atoms with Gasteiger partial charge in [-0.3, -0.25) is 0 Å². The third-order valence-electron chi connectivity index (χ3n) is 1.61. The van der Waals surface area contributed by atoms with Crippen LogP contribution in [0.4, 0.5) is 0 Å². The van der Waals surface area contributed by atoms with Crippen molar-refractivity contribution in [1.29, 1.82) is 0 Å². The van der Waals surface area contributed by atoms with E-state index >= 15 is 0 Å². The van der Waals surface area contributed by atoms with E-state index in [-0.39, 0.29) is 57.8 Å². The number of aliphatic carboxylic acids is 1. The van der Waals surface area contributed by atoms with Gasteiger partial charge in [-0.05, 0) is 37.1 Å². The molecule has 0 spiro atoms. The Kier molecular flexibility index (Phi) is 8.79. The molecule has 1 aromatic carbocycles. The molecular weight excluding hydrogens is 243 g/mol. The van der Waals surface area contributed by atoms with Crippen LogP contribution in [0.25, 0.3) is 0 Å². The summed E-state index contributed by atoms with van der Waals surface area (Å²) < 4.78 is 5.26. The largest absolute Gasteiger partial charge is 1.00 e. The maximum atomic E-state index is 10.1. The number of halogens is 1. The van der Waals surface area contributed by atoms with E-state index in [1.807, 2.05) is 0 Å². The zero-order valence-electron chi connectivity index (χ0n) is 8.53. The van der Waals surface area contributed by atoms with E-state index in [2.05, 4.69) is 0 Å². The molecule has 0 atom stereocenters. The second-order valence-corrected chi connectivity index (χ2v) is 3.21. The first-order chi connectivity index (χ1) is 6.68. The van der Waals surface area contributed by atoms with Crippen molar-refractivity contribution in [2.45, 2.75) is 12.8 Å². The van der Waals surface area contributed by atoms with Crippen molar-refractivity contribution in [3.05, 3.63) is 29.3 Å². The van der Waals surface area contributed by atoms with Crippen molar-refractivity contribution < 1.29 is 66.0 Å². The van der Waals surface area contributed by atoms with E-state index in [0.29, 0.717) is 23.8 Å². The average Bonchev–Trinajstić information content (AvgIpc) is 2.15. The normalized spacial score (nSPS) is 9.13. The van der Waals surface area contributed by atoms with E-state index in [1.54, 1.807) is 24.3 Å². The molecule has 1 aromatic rings. The fourth-order valence-corrected chi connectivity index (χ4v) is 1.06. The van der Waals surface area contributed by atoms with Crippen molar-refractivity contribution in [2.75, 3.05) is 6.61 Å². The number of carboxylic acids is 1. The zero-order valence-corrected chi connectivity index (χ0v) is 12.4. The maximum Gasteiger partial charge on any atom is 1.00 e. The first kappa shape index (κ1) is 15.4. The summed E-state index contributed by atoms with van der Waals surface area (Å²) in [6, 6.07) is 6.91. The molecule has 76 valence electrons. The van der Waals surface area contributed by atoms with E-state index in [1.165, 1.54) is 0 Å². The molecule has 3 nitrogen and oxygen atoms in total. The number of rotatable bonds is 5. The number of hydrogen-bond donors (Lipinski definition) is 0. The summed E-state index contributed by atoms with van der Waals surface area (Å²) in [5.74, 6) is -0.363. The van der Waals surface area contributed by atoms with Gasteiger partial charge >= 0.3 is 51.4 Å². The van der Waals surface area contributed by atoms with Gasteiger partial charge in [0.25, 0.3) is 0 Å². The molecule has 0 amide bonds. The van der Waals surface area contributed by atoms with Gasteiger partial charge in [0.05, 0.1) is 6.61 Å². The zero-order chi connectivity index (χ0) is 10.4. The van der Waals surface area contributed by atoms with Crippen molar-refractivity contribution in [3.63, 3.8) is 0 Å². The van der Waals surface area contributed by atoms with Crippen molar-refractivity contribution in [1.82, 2.24) is 0 Å². The minimum Gasteiger partial charge on any atom is -0.550 e. The molecule has 0 aliphatic heterocycles. The van der Waals surface area contributed by atoms with Crippen molar-refractivity contribution in [2.24, 2.45) is 0 Å². The second kappa shape index (κ2) is 8.55. The molecule has 0 saturated carbocycles. The number of ether oxygens (including phenoxy) is 1. The molecule has 0 bridgehead atoms. The Morgan fingerprint density at radius 3 is 2.47 bits per heavy atom. The molecule has 0 N–H and O–H groups in total. The molecule has 0 fully saturated rings. The van der Waals surface area contributed by atoms with Crippen LogP contribution < -0.4 is 61.2 Å². The SMILES string of the molecule is O=C([O-])CCCOc1ccc(Cl)cc1.[K+]. The Morgan fingerprint density at radius 1 is 1.33 bits per heavy atom. The Bertz CT molecular complexity index is 300. The van der Waals surface area contributed by atoms with Gasteiger partial charge in [-0.1, -0.05) is 11.6 Å². The van der Waals surface area contributed by atoms with Crippen molar-refractivity contribution in [3.8, 4) is 5.75 Å². The monoisotopic (exact) mass is 252 g/mol. The number of carbonyl (C=O) groups is 1. The molecule has 0 saturated heterocycles. The molecule has 0 heterocycles. The molecular formula is C10H10ClKO3. The molecule has 5 heteroatoms. The van der Waals surface area contributed by atoms with Gasteiger partial charge in [-0.2, -0.15) is 0 Å². The van der Waals surface area contributed by atoms with Crippen molar-refractivity contribution >= 4 is 17.6 Å². The van der Waals surface area contributed by atoms with Gasteiger partial charge in [0.15, 0.2) is 0 Å². The maximum absolute atomic E-state index is 10.1. The third-order valence-corrected chi connectivity index (χ3v) is 1.86. The molecule has 0 aromatic heterocycles. The number of benzene rings is 1. The number of hydrogen-bond acceptors (Lipinski definition) is 3. The van der Waals surface area contributed by atoms with E-state index in [4.69, 9.17) is 16.3 Å². The number of carbonyl (C=O) groups excluding carboxylic acids is 1. The van der Waals surface area contributed by atoms with E-state index in [9.17, 15) is 9.90 Å². The fourth-order valence-electron chi connectivity index (χ4n) is 0.937. The van der Waals surface area contributed by atoms with Gasteiger partial charge in [-0.25, -0.2) is 0 Å². The topological polar surface area (TPSA) is 49.4 Å². The third kappa shape index (κ3) is 7.33. The molecule has 0 aliphatic carbocycles. The number of carboxylic acid groups (broad SMARTS) is 1. The Balaban J connectivity index is 0.00000196. The summed E-state index contributed by atoms with van der Waals surface area (Å²) in [6.07, 6.45) is 0.471. The van der Waals surface area contributed by atoms with Crippen LogP contribution in [0, 0.1) is 0 Å². The smallest absolute Gasteiger partial charge is 0.550 e. The minimum absolute atomic E-state index is 0. The standard InChI is InChI=1S/C10H11ClO3.K/c11-8-3-5-9(6-4-8)14-7-1-2-10(12)13;/h3-6H,1-2,7H2,(H,12,13);/q;+1/p-1. The van der Waals surface area contributed by atoms with Crippen LogP contribution in [0.15, 0.2) is 24.3 Å². The average molecular weight is 253 g/mol. The van der Waals surface area contributed by atoms with Gasteiger partial charge in [0.2, 0.25) is 0 Å². The van der Waals surface area contributed by atoms with Crippen LogP contribution in [-0.2, 0) is 4.79 Å². The summed E-state index contributed by atoms with van der Waals surface area (Å²) in [4.78, 5) is 10.1. The van der Waals surface area contributed by atoms with Gasteiger partial charge in [-0.15, -0.1) is 0 Å². The molecule has 0 radical (unpaired) electrons. The molecule has 1 rings (SSSR count). The van der Waals surface area contributed by atoms with Crippen LogP contribution in [0.3, 0.4) is 0 Å². The minimum atomic E-state index is -1.05. The van der Waals surface area contributed by atoms with Crippen LogP contribution in [0.2, 0.25) is 5.02 Å². The van der Waals surface area contributed by atoms with E-state index in [0.717, 1.165) is 0 Å². The summed E-state index contributed by atoms with van der Waals surface area (Å²) in [5, 5.41) is 10.7.